The van der Waals surface area contributed by atoms with E-state index in [0.29, 0.717) is 6.42 Å². The van der Waals surface area contributed by atoms with Crippen molar-refractivity contribution in [3.05, 3.63) is 29.7 Å². The first kappa shape index (κ1) is 16.4. The Morgan fingerprint density at radius 3 is 2.93 bits per heavy atom. The van der Waals surface area contributed by atoms with Crippen LogP contribution >= 0.6 is 0 Å². The molecule has 0 bridgehead atoms. The predicted octanol–water partition coefficient (Wildman–Crippen LogP) is 1.000. The highest BCUT2D eigenvalue weighted by molar-refractivity contribution is 7.89. The first-order chi connectivity index (χ1) is 13.0. The SMILES string of the molecule is CCS(=O)(=O)N1CC(CC#N)(n2nc3c(n2)-c2ccnc4[nH]cc(c24)C3)C1. The lowest BCUT2D eigenvalue weighted by Crippen LogP contribution is -2.64. The summed E-state index contributed by atoms with van der Waals surface area (Å²) in [7, 11) is -3.29. The molecule has 0 unspecified atom stereocenters. The zero-order valence-corrected chi connectivity index (χ0v) is 15.5. The van der Waals surface area contributed by atoms with Gasteiger partial charge >= 0.3 is 0 Å². The van der Waals surface area contributed by atoms with Gasteiger partial charge in [-0.2, -0.15) is 24.6 Å². The van der Waals surface area contributed by atoms with Crippen LogP contribution in [0, 0.1) is 11.3 Å². The lowest BCUT2D eigenvalue weighted by Gasteiger charge is -2.46. The second kappa shape index (κ2) is 5.37. The number of aromatic amines is 1. The molecule has 138 valence electrons. The summed E-state index contributed by atoms with van der Waals surface area (Å²) < 4.78 is 25.6. The number of nitrogens with zero attached hydrogens (tertiary/aromatic N) is 6. The second-order valence-corrected chi connectivity index (χ2v) is 9.34. The summed E-state index contributed by atoms with van der Waals surface area (Å²) in [4.78, 5) is 9.09. The van der Waals surface area contributed by atoms with Gasteiger partial charge in [-0.25, -0.2) is 13.4 Å². The van der Waals surface area contributed by atoms with Crippen molar-refractivity contribution in [2.24, 2.45) is 0 Å². The maximum Gasteiger partial charge on any atom is 0.213 e. The van der Waals surface area contributed by atoms with Crippen molar-refractivity contribution in [1.29, 1.82) is 5.26 Å². The van der Waals surface area contributed by atoms with Crippen LogP contribution in [0.2, 0.25) is 0 Å². The minimum Gasteiger partial charge on any atom is -0.346 e. The van der Waals surface area contributed by atoms with Crippen LogP contribution in [0.4, 0.5) is 0 Å². The summed E-state index contributed by atoms with van der Waals surface area (Å²) in [6.07, 6.45) is 4.46. The maximum absolute atomic E-state index is 12.1. The predicted molar refractivity (Wildman–Crippen MR) is 97.2 cm³/mol. The minimum atomic E-state index is -3.29. The number of sulfonamides is 1. The summed E-state index contributed by atoms with van der Waals surface area (Å²) in [5.74, 6) is 0.0446. The molecule has 0 amide bonds. The average molecular weight is 383 g/mol. The highest BCUT2D eigenvalue weighted by Gasteiger charge is 2.51. The Morgan fingerprint density at radius 1 is 1.37 bits per heavy atom. The van der Waals surface area contributed by atoms with Crippen molar-refractivity contribution in [3.8, 4) is 17.3 Å². The van der Waals surface area contributed by atoms with E-state index in [4.69, 9.17) is 5.10 Å². The molecule has 5 rings (SSSR count). The van der Waals surface area contributed by atoms with Crippen molar-refractivity contribution in [2.75, 3.05) is 18.8 Å². The molecule has 1 saturated heterocycles. The molecule has 0 atom stereocenters. The van der Waals surface area contributed by atoms with E-state index in [1.165, 1.54) is 4.31 Å². The molecule has 4 heterocycles. The summed E-state index contributed by atoms with van der Waals surface area (Å²) in [5, 5.41) is 19.7. The third-order valence-corrected chi connectivity index (χ3v) is 7.26. The Hall–Kier alpha value is -2.77. The van der Waals surface area contributed by atoms with Gasteiger partial charge in [-0.3, -0.25) is 0 Å². The molecule has 10 heteroatoms. The fourth-order valence-electron chi connectivity index (χ4n) is 3.96. The number of fused-ring (bicyclic) bond motifs is 2. The third-order valence-electron chi connectivity index (χ3n) is 5.48. The maximum atomic E-state index is 12.1. The second-order valence-electron chi connectivity index (χ2n) is 7.09. The van der Waals surface area contributed by atoms with E-state index in [-0.39, 0.29) is 25.3 Å². The molecule has 0 spiro atoms. The Balaban J connectivity index is 1.57. The molecule has 0 radical (unpaired) electrons. The van der Waals surface area contributed by atoms with Crippen LogP contribution in [0.5, 0.6) is 0 Å². The number of nitrogens with one attached hydrogen (secondary N) is 1. The van der Waals surface area contributed by atoms with Crippen LogP contribution in [-0.2, 0) is 22.0 Å². The monoisotopic (exact) mass is 383 g/mol. The van der Waals surface area contributed by atoms with Crippen LogP contribution in [0.25, 0.3) is 22.3 Å². The van der Waals surface area contributed by atoms with Crippen LogP contribution in [0.15, 0.2) is 18.5 Å². The highest BCUT2D eigenvalue weighted by Crippen LogP contribution is 2.39. The number of hydrogen-bond donors (Lipinski definition) is 1. The van der Waals surface area contributed by atoms with Crippen molar-refractivity contribution in [1.82, 2.24) is 29.3 Å². The first-order valence-electron chi connectivity index (χ1n) is 8.74. The van der Waals surface area contributed by atoms with E-state index in [0.717, 1.165) is 33.5 Å². The van der Waals surface area contributed by atoms with Gasteiger partial charge in [0.2, 0.25) is 10.0 Å². The summed E-state index contributed by atoms with van der Waals surface area (Å²) in [6, 6.07) is 4.09. The van der Waals surface area contributed by atoms with E-state index in [1.54, 1.807) is 17.9 Å². The number of nitriles is 1. The van der Waals surface area contributed by atoms with Crippen molar-refractivity contribution in [3.63, 3.8) is 0 Å². The number of pyridine rings is 1. The molecule has 27 heavy (non-hydrogen) atoms. The van der Waals surface area contributed by atoms with E-state index in [1.807, 2.05) is 12.3 Å². The molecule has 2 aliphatic rings. The van der Waals surface area contributed by atoms with E-state index in [9.17, 15) is 13.7 Å². The van der Waals surface area contributed by atoms with Crippen LogP contribution in [-0.4, -0.2) is 56.5 Å². The fraction of sp³-hybridized carbons (Fsp3) is 0.412. The molecular weight excluding hydrogens is 366 g/mol. The number of hydrogen-bond acceptors (Lipinski definition) is 6. The van der Waals surface area contributed by atoms with Gasteiger partial charge in [0.15, 0.2) is 0 Å². The van der Waals surface area contributed by atoms with Gasteiger partial charge in [-0.1, -0.05) is 0 Å². The van der Waals surface area contributed by atoms with Gasteiger partial charge in [0.05, 0.1) is 23.9 Å². The van der Waals surface area contributed by atoms with E-state index in [2.05, 4.69) is 21.1 Å². The highest BCUT2D eigenvalue weighted by atomic mass is 32.2. The van der Waals surface area contributed by atoms with Crippen LogP contribution in [0.1, 0.15) is 24.6 Å². The normalized spacial score (nSPS) is 18.1. The molecule has 0 saturated carbocycles. The molecule has 9 nitrogen and oxygen atoms in total. The molecule has 0 aromatic carbocycles. The average Bonchev–Trinajstić information content (AvgIpc) is 3.24. The number of aromatic nitrogens is 5. The fourth-order valence-corrected chi connectivity index (χ4v) is 5.20. The van der Waals surface area contributed by atoms with E-state index >= 15 is 0 Å². The zero-order valence-electron chi connectivity index (χ0n) is 14.7. The Morgan fingerprint density at radius 2 is 2.19 bits per heavy atom. The van der Waals surface area contributed by atoms with Crippen molar-refractivity contribution >= 4 is 21.1 Å². The lowest BCUT2D eigenvalue weighted by atomic mass is 9.90. The van der Waals surface area contributed by atoms with Gasteiger partial charge in [-0.15, -0.1) is 0 Å². The van der Waals surface area contributed by atoms with Crippen LogP contribution < -0.4 is 0 Å². The van der Waals surface area contributed by atoms with E-state index < -0.39 is 15.6 Å². The lowest BCUT2D eigenvalue weighted by molar-refractivity contribution is 0.0572. The van der Waals surface area contributed by atoms with Gasteiger partial charge in [0, 0.05) is 42.9 Å². The van der Waals surface area contributed by atoms with Gasteiger partial charge in [-0.05, 0) is 18.6 Å². The Kier molecular flexibility index (Phi) is 3.26. The molecule has 1 aliphatic heterocycles. The molecule has 3 aromatic heterocycles. The number of H-pyrrole nitrogens is 1. The molecule has 1 N–H and O–H groups in total. The summed E-state index contributed by atoms with van der Waals surface area (Å²) in [5.41, 5.74) is 3.81. The standard InChI is InChI=1S/C17H17N7O2S/c1-2-27(25,26)23-9-17(10-23,4-5-18)24-21-13-7-11-8-20-16-14(11)12(3-6-19-16)15(13)22-24/h3,6,8H,2,4,7,9-10H2,1H3,(H,19,20). The summed E-state index contributed by atoms with van der Waals surface area (Å²) in [6.45, 7) is 2.07. The zero-order chi connectivity index (χ0) is 18.8. The third kappa shape index (κ3) is 2.18. The molecule has 3 aromatic rings. The molecule has 1 fully saturated rings. The van der Waals surface area contributed by atoms with Gasteiger partial charge in [0.1, 0.15) is 16.9 Å². The molecule has 1 aliphatic carbocycles. The Bertz CT molecular complexity index is 1210. The van der Waals surface area contributed by atoms with Gasteiger partial charge in [0.25, 0.3) is 0 Å². The largest absolute Gasteiger partial charge is 0.346 e. The van der Waals surface area contributed by atoms with Crippen LogP contribution in [0.3, 0.4) is 0 Å². The summed E-state index contributed by atoms with van der Waals surface area (Å²) >= 11 is 0. The van der Waals surface area contributed by atoms with Crippen molar-refractivity contribution in [2.45, 2.75) is 25.3 Å². The smallest absolute Gasteiger partial charge is 0.213 e. The topological polar surface area (TPSA) is 121 Å². The number of rotatable bonds is 4. The quantitative estimate of drug-likeness (QED) is 0.561. The van der Waals surface area contributed by atoms with Crippen molar-refractivity contribution < 1.29 is 8.42 Å². The molecular formula is C17H17N7O2S. The Labute approximate surface area is 155 Å². The first-order valence-corrected chi connectivity index (χ1v) is 10.4. The minimum absolute atomic E-state index is 0.0446. The van der Waals surface area contributed by atoms with Gasteiger partial charge < -0.3 is 4.98 Å².